The molecule has 0 bridgehead atoms. The Hall–Kier alpha value is -1.61. The number of hydrogen-bond acceptors (Lipinski definition) is 2. The fraction of sp³-hybridized carbons (Fsp3) is 0.231. The highest BCUT2D eigenvalue weighted by atomic mass is 35.5. The maximum atomic E-state index is 11.5. The van der Waals surface area contributed by atoms with Gasteiger partial charge in [-0.05, 0) is 35.8 Å². The molecule has 1 unspecified atom stereocenters. The van der Waals surface area contributed by atoms with E-state index in [2.05, 4.69) is 0 Å². The van der Waals surface area contributed by atoms with Crippen LogP contribution < -0.4 is 0 Å². The largest absolute Gasteiger partial charge is 0.481 e. The zero-order valence-electron chi connectivity index (χ0n) is 9.02. The molecule has 1 N–H and O–H groups in total. The van der Waals surface area contributed by atoms with Gasteiger partial charge in [0.2, 0.25) is 0 Å². The molecule has 1 atom stereocenters. The topological polar surface area (TPSA) is 54.4 Å². The van der Waals surface area contributed by atoms with Crippen LogP contribution >= 0.6 is 11.6 Å². The monoisotopic (exact) mass is 250 g/mol. The number of carbonyl (C=O) groups is 2. The fourth-order valence-corrected chi connectivity index (χ4v) is 2.06. The molecule has 0 fully saturated rings. The number of benzene rings is 1. The standard InChI is InChI=1S/C13H11ClO3/c14-11-3-1-8(2-4-11)9-5-10(13(16)17)7-12(15)6-9/h1-4,6,10H,5,7H2,(H,16,17). The van der Waals surface area contributed by atoms with E-state index in [4.69, 9.17) is 16.7 Å². The van der Waals surface area contributed by atoms with Gasteiger partial charge in [-0.3, -0.25) is 9.59 Å². The summed E-state index contributed by atoms with van der Waals surface area (Å²) in [5.74, 6) is -1.66. The van der Waals surface area contributed by atoms with Crippen molar-refractivity contribution in [3.63, 3.8) is 0 Å². The van der Waals surface area contributed by atoms with Gasteiger partial charge in [-0.1, -0.05) is 23.7 Å². The van der Waals surface area contributed by atoms with Gasteiger partial charge < -0.3 is 5.11 Å². The van der Waals surface area contributed by atoms with E-state index in [0.29, 0.717) is 11.4 Å². The molecule has 4 heteroatoms. The molecule has 17 heavy (non-hydrogen) atoms. The van der Waals surface area contributed by atoms with Gasteiger partial charge in [-0.2, -0.15) is 0 Å². The molecule has 88 valence electrons. The zero-order valence-corrected chi connectivity index (χ0v) is 9.78. The number of hydrogen-bond donors (Lipinski definition) is 1. The van der Waals surface area contributed by atoms with Gasteiger partial charge in [0.05, 0.1) is 5.92 Å². The second-order valence-electron chi connectivity index (χ2n) is 4.09. The lowest BCUT2D eigenvalue weighted by atomic mass is 9.85. The molecule has 1 aromatic rings. The predicted octanol–water partition coefficient (Wildman–Crippen LogP) is 2.79. The molecule has 0 amide bonds. The van der Waals surface area contributed by atoms with Crippen LogP contribution in [0.3, 0.4) is 0 Å². The Morgan fingerprint density at radius 3 is 2.47 bits per heavy atom. The van der Waals surface area contributed by atoms with E-state index in [-0.39, 0.29) is 12.2 Å². The molecule has 0 saturated heterocycles. The smallest absolute Gasteiger partial charge is 0.307 e. The highest BCUT2D eigenvalue weighted by Gasteiger charge is 2.26. The van der Waals surface area contributed by atoms with Crippen molar-refractivity contribution in [1.82, 2.24) is 0 Å². The van der Waals surface area contributed by atoms with Crippen molar-refractivity contribution in [2.75, 3.05) is 0 Å². The van der Waals surface area contributed by atoms with Gasteiger partial charge in [0.1, 0.15) is 0 Å². The summed E-state index contributed by atoms with van der Waals surface area (Å²) in [7, 11) is 0. The fourth-order valence-electron chi connectivity index (χ4n) is 1.93. The van der Waals surface area contributed by atoms with Crippen LogP contribution in [0.25, 0.3) is 5.57 Å². The van der Waals surface area contributed by atoms with Crippen LogP contribution in [0.5, 0.6) is 0 Å². The average Bonchev–Trinajstić information content (AvgIpc) is 2.29. The Morgan fingerprint density at radius 1 is 1.24 bits per heavy atom. The first kappa shape index (κ1) is 11.9. The third-order valence-electron chi connectivity index (χ3n) is 2.81. The Morgan fingerprint density at radius 2 is 1.88 bits per heavy atom. The van der Waals surface area contributed by atoms with Crippen LogP contribution in [0, 0.1) is 5.92 Å². The van der Waals surface area contributed by atoms with Crippen molar-refractivity contribution >= 4 is 28.9 Å². The van der Waals surface area contributed by atoms with Gasteiger partial charge in [0, 0.05) is 11.4 Å². The molecule has 0 heterocycles. The second kappa shape index (κ2) is 4.72. The highest BCUT2D eigenvalue weighted by molar-refractivity contribution is 6.30. The molecule has 0 aromatic heterocycles. The maximum absolute atomic E-state index is 11.5. The number of halogens is 1. The van der Waals surface area contributed by atoms with Crippen LogP contribution in [0.2, 0.25) is 5.02 Å². The Kier molecular flexibility index (Phi) is 3.29. The van der Waals surface area contributed by atoms with Crippen molar-refractivity contribution in [3.8, 4) is 0 Å². The minimum Gasteiger partial charge on any atom is -0.481 e. The molecule has 1 aliphatic carbocycles. The summed E-state index contributed by atoms with van der Waals surface area (Å²) < 4.78 is 0. The summed E-state index contributed by atoms with van der Waals surface area (Å²) in [5.41, 5.74) is 1.62. The molecular formula is C13H11ClO3. The Bertz CT molecular complexity index is 488. The van der Waals surface area contributed by atoms with Gasteiger partial charge >= 0.3 is 5.97 Å². The lowest BCUT2D eigenvalue weighted by molar-refractivity contribution is -0.143. The minimum absolute atomic E-state index is 0.0897. The van der Waals surface area contributed by atoms with Crippen LogP contribution in [-0.4, -0.2) is 16.9 Å². The summed E-state index contributed by atoms with van der Waals surface area (Å²) in [6.07, 6.45) is 2.01. The molecule has 0 spiro atoms. The molecule has 0 saturated carbocycles. The lowest BCUT2D eigenvalue weighted by Gasteiger charge is -2.18. The normalized spacial score (nSPS) is 19.9. The van der Waals surface area contributed by atoms with Crippen molar-refractivity contribution in [1.29, 1.82) is 0 Å². The van der Waals surface area contributed by atoms with E-state index in [1.807, 2.05) is 0 Å². The first-order valence-electron chi connectivity index (χ1n) is 5.28. The number of carboxylic acid groups (broad SMARTS) is 1. The number of ketones is 1. The van der Waals surface area contributed by atoms with Crippen LogP contribution in [0.4, 0.5) is 0 Å². The minimum atomic E-state index is -0.919. The molecule has 3 nitrogen and oxygen atoms in total. The summed E-state index contributed by atoms with van der Waals surface area (Å²) >= 11 is 5.78. The first-order chi connectivity index (χ1) is 8.06. The van der Waals surface area contributed by atoms with E-state index >= 15 is 0 Å². The summed E-state index contributed by atoms with van der Waals surface area (Å²) in [4.78, 5) is 22.4. The van der Waals surface area contributed by atoms with Crippen LogP contribution in [0.15, 0.2) is 30.3 Å². The van der Waals surface area contributed by atoms with Crippen molar-refractivity contribution in [2.45, 2.75) is 12.8 Å². The van der Waals surface area contributed by atoms with Crippen molar-refractivity contribution in [3.05, 3.63) is 40.9 Å². The molecular weight excluding hydrogens is 240 g/mol. The third-order valence-corrected chi connectivity index (χ3v) is 3.07. The maximum Gasteiger partial charge on any atom is 0.307 e. The van der Waals surface area contributed by atoms with Crippen molar-refractivity contribution < 1.29 is 14.7 Å². The Labute approximate surface area is 104 Å². The third kappa shape index (κ3) is 2.74. The molecule has 0 radical (unpaired) electrons. The molecule has 1 aliphatic rings. The zero-order chi connectivity index (χ0) is 12.4. The summed E-state index contributed by atoms with van der Waals surface area (Å²) in [6, 6.07) is 7.05. The second-order valence-corrected chi connectivity index (χ2v) is 4.52. The van der Waals surface area contributed by atoms with Crippen LogP contribution in [0.1, 0.15) is 18.4 Å². The first-order valence-corrected chi connectivity index (χ1v) is 5.66. The Balaban J connectivity index is 2.29. The molecule has 0 aliphatic heterocycles. The number of rotatable bonds is 2. The highest BCUT2D eigenvalue weighted by Crippen LogP contribution is 2.30. The van der Waals surface area contributed by atoms with Gasteiger partial charge in [-0.25, -0.2) is 0 Å². The quantitative estimate of drug-likeness (QED) is 0.878. The van der Waals surface area contributed by atoms with E-state index in [0.717, 1.165) is 11.1 Å². The van der Waals surface area contributed by atoms with Crippen LogP contribution in [-0.2, 0) is 9.59 Å². The number of carboxylic acids is 1. The predicted molar refractivity (Wildman–Crippen MR) is 64.8 cm³/mol. The summed E-state index contributed by atoms with van der Waals surface area (Å²) in [6.45, 7) is 0. The molecule has 1 aromatic carbocycles. The van der Waals surface area contributed by atoms with Gasteiger partial charge in [0.25, 0.3) is 0 Å². The number of allylic oxidation sites excluding steroid dienone is 2. The number of carbonyl (C=O) groups excluding carboxylic acids is 1. The average molecular weight is 251 g/mol. The van der Waals surface area contributed by atoms with E-state index in [9.17, 15) is 9.59 Å². The van der Waals surface area contributed by atoms with E-state index < -0.39 is 11.9 Å². The number of aliphatic carboxylic acids is 1. The van der Waals surface area contributed by atoms with Gasteiger partial charge in [-0.15, -0.1) is 0 Å². The molecule has 2 rings (SSSR count). The van der Waals surface area contributed by atoms with E-state index in [1.54, 1.807) is 24.3 Å². The summed E-state index contributed by atoms with van der Waals surface area (Å²) in [5, 5.41) is 9.58. The SMILES string of the molecule is O=C1C=C(c2ccc(Cl)cc2)CC(C(=O)O)C1. The van der Waals surface area contributed by atoms with Gasteiger partial charge in [0.15, 0.2) is 5.78 Å². The van der Waals surface area contributed by atoms with Crippen molar-refractivity contribution in [2.24, 2.45) is 5.92 Å². The van der Waals surface area contributed by atoms with E-state index in [1.165, 1.54) is 6.08 Å². The lowest BCUT2D eigenvalue weighted by Crippen LogP contribution is -2.21.